The fourth-order valence-corrected chi connectivity index (χ4v) is 1.96. The first-order valence-electron chi connectivity index (χ1n) is 6.87. The molecule has 0 aliphatic carbocycles. The average molecular weight is 273 g/mol. The van der Waals surface area contributed by atoms with Crippen molar-refractivity contribution in [2.24, 2.45) is 4.99 Å². The lowest BCUT2D eigenvalue weighted by atomic mass is 10.1. The number of para-hydroxylation sites is 1. The van der Waals surface area contributed by atoms with E-state index >= 15 is 0 Å². The lowest BCUT2D eigenvalue weighted by Gasteiger charge is -2.07. The predicted octanol–water partition coefficient (Wildman–Crippen LogP) is 2.68. The molecule has 0 amide bonds. The van der Waals surface area contributed by atoms with Crippen LogP contribution in [0.4, 0.5) is 0 Å². The molecule has 106 valence electrons. The maximum absolute atomic E-state index is 5.76. The Morgan fingerprint density at radius 3 is 2.85 bits per heavy atom. The van der Waals surface area contributed by atoms with Crippen LogP contribution in [0.5, 0.6) is 5.75 Å². The Morgan fingerprint density at radius 2 is 2.15 bits per heavy atom. The lowest BCUT2D eigenvalue weighted by molar-refractivity contribution is 0.262. The van der Waals surface area contributed by atoms with Gasteiger partial charge in [0.25, 0.3) is 0 Å². The second-order valence-corrected chi connectivity index (χ2v) is 5.69. The Balaban J connectivity index is 1.70. The van der Waals surface area contributed by atoms with Gasteiger partial charge < -0.3 is 14.2 Å². The first-order chi connectivity index (χ1) is 9.62. The van der Waals surface area contributed by atoms with Crippen LogP contribution >= 0.6 is 0 Å². The molecule has 1 saturated heterocycles. The van der Waals surface area contributed by atoms with E-state index in [9.17, 15) is 0 Å². The summed E-state index contributed by atoms with van der Waals surface area (Å²) in [6, 6.07) is 7.93. The van der Waals surface area contributed by atoms with Gasteiger partial charge in [-0.25, -0.2) is 4.99 Å². The van der Waals surface area contributed by atoms with E-state index in [0.29, 0.717) is 19.1 Å². The average Bonchev–Trinajstić information content (AvgIpc) is 3.19. The third kappa shape index (κ3) is 3.39. The summed E-state index contributed by atoms with van der Waals surface area (Å²) in [5.41, 5.74) is 0.892. The second-order valence-electron chi connectivity index (χ2n) is 5.69. The molecule has 4 heteroatoms. The molecule has 1 aromatic rings. The Bertz CT molecular complexity index is 544. The molecule has 20 heavy (non-hydrogen) atoms. The zero-order valence-corrected chi connectivity index (χ0v) is 11.8. The van der Waals surface area contributed by atoms with Crippen molar-refractivity contribution in [3.8, 4) is 5.75 Å². The molecule has 0 aromatic heterocycles. The summed E-state index contributed by atoms with van der Waals surface area (Å²) in [4.78, 5) is 4.50. The fraction of sp³-hybridized carbons (Fsp3) is 0.438. The maximum Gasteiger partial charge on any atom is 0.209 e. The molecule has 0 N–H and O–H groups in total. The fourth-order valence-electron chi connectivity index (χ4n) is 1.96. The normalized spacial score (nSPS) is 23.5. The molecule has 0 saturated carbocycles. The summed E-state index contributed by atoms with van der Waals surface area (Å²) in [5, 5.41) is 0. The van der Waals surface area contributed by atoms with Gasteiger partial charge in [-0.15, -0.1) is 0 Å². The van der Waals surface area contributed by atoms with Crippen LogP contribution in [0.2, 0.25) is 0 Å². The summed E-state index contributed by atoms with van der Waals surface area (Å²) in [6.45, 7) is 6.15. The summed E-state index contributed by atoms with van der Waals surface area (Å²) >= 11 is 0. The van der Waals surface area contributed by atoms with Gasteiger partial charge in [-0.2, -0.15) is 0 Å². The van der Waals surface area contributed by atoms with Gasteiger partial charge in [0.2, 0.25) is 5.90 Å². The van der Waals surface area contributed by atoms with E-state index in [1.165, 1.54) is 0 Å². The molecular weight excluding hydrogens is 254 g/mol. The Morgan fingerprint density at radius 1 is 1.35 bits per heavy atom. The highest BCUT2D eigenvalue weighted by Gasteiger charge is 2.25. The molecule has 2 aliphatic rings. The maximum atomic E-state index is 5.76. The third-order valence-electron chi connectivity index (χ3n) is 3.14. The van der Waals surface area contributed by atoms with Gasteiger partial charge >= 0.3 is 0 Å². The smallest absolute Gasteiger partial charge is 0.209 e. The molecule has 0 spiro atoms. The van der Waals surface area contributed by atoms with Gasteiger partial charge in [0.05, 0.1) is 12.1 Å². The molecular formula is C16H19NO3. The van der Waals surface area contributed by atoms with E-state index in [0.717, 1.165) is 17.9 Å². The summed E-state index contributed by atoms with van der Waals surface area (Å²) < 4.78 is 16.5. The van der Waals surface area contributed by atoms with Crippen molar-refractivity contribution in [3.63, 3.8) is 0 Å². The van der Waals surface area contributed by atoms with Crippen LogP contribution < -0.4 is 4.74 Å². The number of rotatable bonds is 5. The number of ether oxygens (including phenoxy) is 3. The quantitative estimate of drug-likeness (QED) is 0.775. The van der Waals surface area contributed by atoms with Crippen molar-refractivity contribution in [3.05, 3.63) is 35.9 Å². The molecule has 1 fully saturated rings. The van der Waals surface area contributed by atoms with Crippen molar-refractivity contribution in [2.45, 2.75) is 25.5 Å². The molecule has 4 nitrogen and oxygen atoms in total. The first kappa shape index (κ1) is 13.2. The lowest BCUT2D eigenvalue weighted by Crippen LogP contribution is -2.17. The van der Waals surface area contributed by atoms with Crippen LogP contribution in [-0.2, 0) is 9.47 Å². The predicted molar refractivity (Wildman–Crippen MR) is 78.2 cm³/mol. The van der Waals surface area contributed by atoms with Gasteiger partial charge in [-0.05, 0) is 26.0 Å². The van der Waals surface area contributed by atoms with E-state index in [1.54, 1.807) is 0 Å². The Kier molecular flexibility index (Phi) is 3.49. The molecule has 1 unspecified atom stereocenters. The highest BCUT2D eigenvalue weighted by molar-refractivity contribution is 5.93. The number of aliphatic imine (C=N–C) groups is 1. The number of benzene rings is 1. The van der Waals surface area contributed by atoms with Gasteiger partial charge in [-0.1, -0.05) is 18.2 Å². The minimum Gasteiger partial charge on any atom is -0.490 e. The number of hydrogen-bond donors (Lipinski definition) is 0. The molecule has 3 rings (SSSR count). The van der Waals surface area contributed by atoms with Gasteiger partial charge in [0.1, 0.15) is 25.1 Å². The zero-order chi connectivity index (χ0) is 14.0. The number of nitrogens with zero attached hydrogens (tertiary/aromatic N) is 1. The number of epoxide rings is 1. The van der Waals surface area contributed by atoms with Crippen LogP contribution in [0, 0.1) is 0 Å². The summed E-state index contributed by atoms with van der Waals surface area (Å²) in [6.07, 6.45) is 4.13. The van der Waals surface area contributed by atoms with E-state index in [4.69, 9.17) is 14.2 Å². The second kappa shape index (κ2) is 5.29. The SMILES string of the molecule is CC1(C)COC(/C=C/c2ccccc2OCC2CO2)=N1. The van der Waals surface area contributed by atoms with Crippen molar-refractivity contribution < 1.29 is 14.2 Å². The molecule has 2 heterocycles. The minimum absolute atomic E-state index is 0.126. The van der Waals surface area contributed by atoms with Crippen LogP contribution in [-0.4, -0.2) is 37.4 Å². The Hall–Kier alpha value is -1.81. The van der Waals surface area contributed by atoms with Gasteiger partial charge in [0, 0.05) is 11.6 Å². The van der Waals surface area contributed by atoms with Crippen molar-refractivity contribution in [1.82, 2.24) is 0 Å². The largest absolute Gasteiger partial charge is 0.490 e. The molecule has 0 bridgehead atoms. The van der Waals surface area contributed by atoms with Crippen LogP contribution in [0.15, 0.2) is 35.3 Å². The van der Waals surface area contributed by atoms with Crippen LogP contribution in [0.25, 0.3) is 6.08 Å². The van der Waals surface area contributed by atoms with E-state index in [1.807, 2.05) is 36.4 Å². The molecule has 2 aliphatic heterocycles. The molecule has 1 aromatic carbocycles. The zero-order valence-electron chi connectivity index (χ0n) is 11.8. The minimum atomic E-state index is -0.126. The van der Waals surface area contributed by atoms with E-state index < -0.39 is 0 Å². The van der Waals surface area contributed by atoms with E-state index in [-0.39, 0.29) is 11.6 Å². The Labute approximate surface area is 119 Å². The highest BCUT2D eigenvalue weighted by Crippen LogP contribution is 2.23. The monoisotopic (exact) mass is 273 g/mol. The number of hydrogen-bond acceptors (Lipinski definition) is 4. The highest BCUT2D eigenvalue weighted by atomic mass is 16.6. The van der Waals surface area contributed by atoms with Crippen LogP contribution in [0.1, 0.15) is 19.4 Å². The topological polar surface area (TPSA) is 43.4 Å². The van der Waals surface area contributed by atoms with Gasteiger partial charge in [0.15, 0.2) is 0 Å². The van der Waals surface area contributed by atoms with Crippen molar-refractivity contribution in [1.29, 1.82) is 0 Å². The van der Waals surface area contributed by atoms with Gasteiger partial charge in [-0.3, -0.25) is 0 Å². The van der Waals surface area contributed by atoms with Crippen LogP contribution in [0.3, 0.4) is 0 Å². The first-order valence-corrected chi connectivity index (χ1v) is 6.87. The molecule has 1 atom stereocenters. The third-order valence-corrected chi connectivity index (χ3v) is 3.14. The summed E-state index contributed by atoms with van der Waals surface area (Å²) in [7, 11) is 0. The van der Waals surface area contributed by atoms with E-state index in [2.05, 4.69) is 18.8 Å². The van der Waals surface area contributed by atoms with Crippen molar-refractivity contribution in [2.75, 3.05) is 19.8 Å². The molecule has 0 radical (unpaired) electrons. The van der Waals surface area contributed by atoms with Crippen molar-refractivity contribution >= 4 is 12.0 Å². The standard InChI is InChI=1S/C16H19NO3/c1-16(2)11-20-15(17-16)8-7-12-5-3-4-6-14(12)19-10-13-9-18-13/h3-8,13H,9-11H2,1-2H3/b8-7+. The summed E-state index contributed by atoms with van der Waals surface area (Å²) in [5.74, 6) is 1.53.